The summed E-state index contributed by atoms with van der Waals surface area (Å²) in [6.07, 6.45) is 2.15. The minimum absolute atomic E-state index is 0.0789. The molecule has 0 radical (unpaired) electrons. The predicted octanol–water partition coefficient (Wildman–Crippen LogP) is 4.67. The molecule has 1 N–H and O–H groups in total. The number of hydrogen-bond donors (Lipinski definition) is 1. The number of carbonyl (C=O) groups is 1. The van der Waals surface area contributed by atoms with Gasteiger partial charge in [-0.3, -0.25) is 4.79 Å². The van der Waals surface area contributed by atoms with E-state index in [2.05, 4.69) is 34.1 Å². The van der Waals surface area contributed by atoms with Gasteiger partial charge in [0.05, 0.1) is 17.3 Å². The van der Waals surface area contributed by atoms with E-state index in [-0.39, 0.29) is 11.8 Å². The first-order valence-electron chi connectivity index (χ1n) is 6.40. The van der Waals surface area contributed by atoms with Crippen LogP contribution in [-0.2, 0) is 0 Å². The van der Waals surface area contributed by atoms with Gasteiger partial charge < -0.3 is 5.32 Å². The Labute approximate surface area is 121 Å². The van der Waals surface area contributed by atoms with E-state index in [4.69, 9.17) is 0 Å². The van der Waals surface area contributed by atoms with Crippen molar-refractivity contribution in [2.75, 3.05) is 5.32 Å². The second kappa shape index (κ2) is 6.30. The van der Waals surface area contributed by atoms with Crippen molar-refractivity contribution in [2.45, 2.75) is 39.7 Å². The SMILES string of the molecule is CCCC(Nc1snc(C)c1C(C)=O)c1cccs1. The molecule has 19 heavy (non-hydrogen) atoms. The van der Waals surface area contributed by atoms with E-state index >= 15 is 0 Å². The maximum atomic E-state index is 11.7. The molecule has 2 rings (SSSR count). The quantitative estimate of drug-likeness (QED) is 0.787. The molecule has 0 bridgehead atoms. The van der Waals surface area contributed by atoms with Gasteiger partial charge in [0, 0.05) is 4.88 Å². The molecule has 0 saturated carbocycles. The lowest BCUT2D eigenvalue weighted by atomic mass is 10.1. The highest BCUT2D eigenvalue weighted by atomic mass is 32.1. The number of nitrogens with one attached hydrogen (secondary N) is 1. The van der Waals surface area contributed by atoms with Gasteiger partial charge in [0.25, 0.3) is 0 Å². The number of rotatable bonds is 6. The fourth-order valence-electron chi connectivity index (χ4n) is 2.10. The summed E-state index contributed by atoms with van der Waals surface area (Å²) in [6, 6.07) is 4.47. The average Bonchev–Trinajstić information content (AvgIpc) is 2.98. The van der Waals surface area contributed by atoms with Crippen LogP contribution in [0.5, 0.6) is 0 Å². The summed E-state index contributed by atoms with van der Waals surface area (Å²) >= 11 is 3.13. The molecule has 0 spiro atoms. The first kappa shape index (κ1) is 14.2. The molecule has 5 heteroatoms. The van der Waals surface area contributed by atoms with Crippen molar-refractivity contribution in [1.29, 1.82) is 0 Å². The van der Waals surface area contributed by atoms with Crippen molar-refractivity contribution >= 4 is 33.7 Å². The van der Waals surface area contributed by atoms with Gasteiger partial charge in [-0.1, -0.05) is 19.4 Å². The van der Waals surface area contributed by atoms with Crippen LogP contribution in [0.1, 0.15) is 53.7 Å². The van der Waals surface area contributed by atoms with Gasteiger partial charge in [0.15, 0.2) is 5.78 Å². The molecule has 0 aliphatic heterocycles. The van der Waals surface area contributed by atoms with Crippen LogP contribution in [0.3, 0.4) is 0 Å². The average molecular weight is 294 g/mol. The minimum Gasteiger partial charge on any atom is -0.367 e. The third kappa shape index (κ3) is 3.22. The lowest BCUT2D eigenvalue weighted by Gasteiger charge is -2.17. The summed E-state index contributed by atoms with van der Waals surface area (Å²) in [6.45, 7) is 5.66. The molecule has 0 saturated heterocycles. The number of hydrogen-bond acceptors (Lipinski definition) is 5. The Balaban J connectivity index is 2.25. The topological polar surface area (TPSA) is 42.0 Å². The lowest BCUT2D eigenvalue weighted by Crippen LogP contribution is -2.10. The summed E-state index contributed by atoms with van der Waals surface area (Å²) in [5.41, 5.74) is 1.56. The smallest absolute Gasteiger partial charge is 0.164 e. The third-order valence-corrected chi connectivity index (χ3v) is 4.84. The maximum absolute atomic E-state index is 11.7. The highest BCUT2D eigenvalue weighted by Crippen LogP contribution is 2.32. The van der Waals surface area contributed by atoms with Crippen LogP contribution in [-0.4, -0.2) is 10.2 Å². The standard InChI is InChI=1S/C14H18N2OS2/c1-4-6-11(12-7-5-8-18-12)15-14-13(10(3)17)9(2)16-19-14/h5,7-8,11,15H,4,6H2,1-3H3. The predicted molar refractivity (Wildman–Crippen MR) is 82.4 cm³/mol. The number of aryl methyl sites for hydroxylation is 1. The van der Waals surface area contributed by atoms with Gasteiger partial charge in [0.1, 0.15) is 5.00 Å². The highest BCUT2D eigenvalue weighted by Gasteiger charge is 2.19. The normalized spacial score (nSPS) is 12.4. The highest BCUT2D eigenvalue weighted by molar-refractivity contribution is 7.11. The molecule has 3 nitrogen and oxygen atoms in total. The van der Waals surface area contributed by atoms with Crippen molar-refractivity contribution < 1.29 is 4.79 Å². The molecule has 0 aliphatic carbocycles. The Morgan fingerprint density at radius 1 is 1.53 bits per heavy atom. The summed E-state index contributed by atoms with van der Waals surface area (Å²) in [5.74, 6) is 0.0789. The Hall–Kier alpha value is -1.20. The Kier molecular flexibility index (Phi) is 4.71. The van der Waals surface area contributed by atoms with Gasteiger partial charge in [-0.15, -0.1) is 11.3 Å². The molecule has 1 atom stereocenters. The van der Waals surface area contributed by atoms with E-state index in [0.717, 1.165) is 29.1 Å². The van der Waals surface area contributed by atoms with Crippen molar-refractivity contribution in [3.05, 3.63) is 33.6 Å². The van der Waals surface area contributed by atoms with E-state index in [0.29, 0.717) is 0 Å². The number of aromatic nitrogens is 1. The second-order valence-corrected chi connectivity index (χ2v) is 6.28. The molecule has 0 aliphatic rings. The second-order valence-electron chi connectivity index (χ2n) is 4.53. The Bertz CT molecular complexity index is 546. The fraction of sp³-hybridized carbons (Fsp3) is 0.429. The van der Waals surface area contributed by atoms with Gasteiger partial charge in [0.2, 0.25) is 0 Å². The molecule has 2 aromatic rings. The number of carbonyl (C=O) groups excluding carboxylic acids is 1. The van der Waals surface area contributed by atoms with Crippen molar-refractivity contribution in [3.63, 3.8) is 0 Å². The summed E-state index contributed by atoms with van der Waals surface area (Å²) in [5, 5.41) is 6.49. The molecule has 0 aromatic carbocycles. The molecule has 102 valence electrons. The Morgan fingerprint density at radius 2 is 2.32 bits per heavy atom. The number of thiophene rings is 1. The van der Waals surface area contributed by atoms with Gasteiger partial charge in [-0.2, -0.15) is 4.37 Å². The number of ketones is 1. The van der Waals surface area contributed by atoms with Gasteiger partial charge in [-0.05, 0) is 43.2 Å². The van der Waals surface area contributed by atoms with Crippen LogP contribution < -0.4 is 5.32 Å². The first-order chi connectivity index (χ1) is 9.13. The minimum atomic E-state index is 0.0789. The largest absolute Gasteiger partial charge is 0.367 e. The molecule has 2 heterocycles. The van der Waals surface area contributed by atoms with Crippen LogP contribution in [0.25, 0.3) is 0 Å². The summed E-state index contributed by atoms with van der Waals surface area (Å²) in [7, 11) is 0. The molecular weight excluding hydrogens is 276 g/mol. The molecule has 1 unspecified atom stereocenters. The fourth-order valence-corrected chi connectivity index (χ4v) is 3.81. The summed E-state index contributed by atoms with van der Waals surface area (Å²) in [4.78, 5) is 13.0. The van der Waals surface area contributed by atoms with Crippen molar-refractivity contribution in [3.8, 4) is 0 Å². The van der Waals surface area contributed by atoms with E-state index in [1.165, 1.54) is 16.4 Å². The third-order valence-electron chi connectivity index (χ3n) is 2.98. The molecule has 2 aromatic heterocycles. The van der Waals surface area contributed by atoms with Crippen LogP contribution in [0.4, 0.5) is 5.00 Å². The lowest BCUT2D eigenvalue weighted by molar-refractivity contribution is 0.101. The molecular formula is C14H18N2OS2. The number of Topliss-reactive ketones (excluding diaryl/α,β-unsaturated/α-hetero) is 1. The van der Waals surface area contributed by atoms with Crippen LogP contribution in [0.2, 0.25) is 0 Å². The molecule has 0 fully saturated rings. The Morgan fingerprint density at radius 3 is 2.89 bits per heavy atom. The molecule has 0 amide bonds. The van der Waals surface area contributed by atoms with Crippen molar-refractivity contribution in [2.24, 2.45) is 0 Å². The van der Waals surface area contributed by atoms with E-state index < -0.39 is 0 Å². The van der Waals surface area contributed by atoms with Crippen LogP contribution >= 0.6 is 22.9 Å². The number of nitrogens with zero attached hydrogens (tertiary/aromatic N) is 1. The first-order valence-corrected chi connectivity index (χ1v) is 8.06. The van der Waals surface area contributed by atoms with E-state index in [9.17, 15) is 4.79 Å². The summed E-state index contributed by atoms with van der Waals surface area (Å²) < 4.78 is 4.29. The van der Waals surface area contributed by atoms with Gasteiger partial charge >= 0.3 is 0 Å². The van der Waals surface area contributed by atoms with E-state index in [1.807, 2.05) is 6.92 Å². The van der Waals surface area contributed by atoms with Crippen LogP contribution in [0.15, 0.2) is 17.5 Å². The zero-order valence-corrected chi connectivity index (χ0v) is 13.0. The number of anilines is 1. The van der Waals surface area contributed by atoms with Gasteiger partial charge in [-0.25, -0.2) is 0 Å². The van der Waals surface area contributed by atoms with Crippen molar-refractivity contribution in [1.82, 2.24) is 4.37 Å². The zero-order valence-electron chi connectivity index (χ0n) is 11.4. The maximum Gasteiger partial charge on any atom is 0.164 e. The van der Waals surface area contributed by atoms with Crippen LogP contribution in [0, 0.1) is 6.92 Å². The monoisotopic (exact) mass is 294 g/mol. The van der Waals surface area contributed by atoms with E-state index in [1.54, 1.807) is 18.3 Å². The zero-order chi connectivity index (χ0) is 13.8.